The van der Waals surface area contributed by atoms with Gasteiger partial charge in [-0.1, -0.05) is 11.6 Å². The molecule has 1 atom stereocenters. The second-order valence-electron chi connectivity index (χ2n) is 3.07. The predicted molar refractivity (Wildman–Crippen MR) is 56.4 cm³/mol. The zero-order valence-corrected chi connectivity index (χ0v) is 9.52. The van der Waals surface area contributed by atoms with Gasteiger partial charge in [-0.05, 0) is 6.92 Å². The smallest absolute Gasteiger partial charge is 0.151 e. The van der Waals surface area contributed by atoms with Gasteiger partial charge in [-0.15, -0.1) is 11.8 Å². The molecule has 1 rings (SSSR count). The summed E-state index contributed by atoms with van der Waals surface area (Å²) in [5.74, 6) is 0.715. The Morgan fingerprint density at radius 1 is 1.69 bits per heavy atom. The lowest BCUT2D eigenvalue weighted by molar-refractivity contribution is -0.114. The fourth-order valence-corrected chi connectivity index (χ4v) is 2.44. The second-order valence-corrected chi connectivity index (χ2v) is 4.50. The van der Waals surface area contributed by atoms with Gasteiger partial charge in [0.2, 0.25) is 0 Å². The maximum atomic E-state index is 10.8. The van der Waals surface area contributed by atoms with Gasteiger partial charge in [0, 0.05) is 20.3 Å². The lowest BCUT2D eigenvalue weighted by atomic mass is 10.5. The highest BCUT2D eigenvalue weighted by molar-refractivity contribution is 8.00. The van der Waals surface area contributed by atoms with Gasteiger partial charge in [0.1, 0.15) is 10.9 Å². The molecule has 0 aromatic rings. The monoisotopic (exact) mass is 220 g/mol. The summed E-state index contributed by atoms with van der Waals surface area (Å²) in [5, 5.41) is 0.712. The molecule has 3 nitrogen and oxygen atoms in total. The van der Waals surface area contributed by atoms with E-state index in [9.17, 15) is 4.79 Å². The first-order valence-electron chi connectivity index (χ1n) is 3.95. The molecule has 0 spiro atoms. The van der Waals surface area contributed by atoms with E-state index < -0.39 is 0 Å². The third-order valence-corrected chi connectivity index (χ3v) is 3.65. The van der Waals surface area contributed by atoms with Crippen LogP contribution in [0, 0.1) is 0 Å². The molecule has 1 aliphatic heterocycles. The summed E-state index contributed by atoms with van der Waals surface area (Å²) < 4.78 is 0. The quantitative estimate of drug-likeness (QED) is 0.673. The van der Waals surface area contributed by atoms with E-state index in [0.29, 0.717) is 10.9 Å². The van der Waals surface area contributed by atoms with Crippen molar-refractivity contribution in [3.8, 4) is 0 Å². The maximum Gasteiger partial charge on any atom is 0.151 e. The van der Waals surface area contributed by atoms with Crippen LogP contribution in [0.4, 0.5) is 0 Å². The van der Waals surface area contributed by atoms with Crippen LogP contribution in [0.2, 0.25) is 0 Å². The standard InChI is InChI=1S/C8H13ClN2OS/c1-6(12)5-13-8-10(2)4-7(9)11(8)3/h4,8H,5H2,1-3H3. The van der Waals surface area contributed by atoms with Gasteiger partial charge >= 0.3 is 0 Å². The summed E-state index contributed by atoms with van der Waals surface area (Å²) in [7, 11) is 3.86. The van der Waals surface area contributed by atoms with Gasteiger partial charge in [0.25, 0.3) is 0 Å². The van der Waals surface area contributed by atoms with Crippen molar-refractivity contribution in [3.05, 3.63) is 11.4 Å². The summed E-state index contributed by atoms with van der Waals surface area (Å²) >= 11 is 7.49. The van der Waals surface area contributed by atoms with Crippen molar-refractivity contribution in [2.45, 2.75) is 12.4 Å². The minimum atomic E-state index is 0.149. The molecule has 0 radical (unpaired) electrons. The first kappa shape index (κ1) is 10.7. The van der Waals surface area contributed by atoms with Crippen LogP contribution in [0.3, 0.4) is 0 Å². The van der Waals surface area contributed by atoms with E-state index in [1.165, 1.54) is 0 Å². The Kier molecular flexibility index (Phi) is 3.50. The highest BCUT2D eigenvalue weighted by atomic mass is 35.5. The number of carbonyl (C=O) groups is 1. The Balaban J connectivity index is 2.48. The molecule has 1 heterocycles. The third kappa shape index (κ3) is 2.54. The van der Waals surface area contributed by atoms with Crippen LogP contribution in [0.15, 0.2) is 11.4 Å². The maximum absolute atomic E-state index is 10.8. The van der Waals surface area contributed by atoms with Gasteiger partial charge in [0.05, 0.1) is 5.75 Å². The van der Waals surface area contributed by atoms with Crippen LogP contribution >= 0.6 is 23.4 Å². The van der Waals surface area contributed by atoms with Crippen LogP contribution < -0.4 is 0 Å². The molecule has 0 aromatic carbocycles. The number of hydrogen-bond donors (Lipinski definition) is 0. The van der Waals surface area contributed by atoms with E-state index in [1.54, 1.807) is 18.7 Å². The molecule has 0 N–H and O–H groups in total. The molecule has 0 aliphatic carbocycles. The Hall–Kier alpha value is -0.350. The SMILES string of the molecule is CC(=O)CSC1N(C)C=C(Cl)N1C. The Morgan fingerprint density at radius 3 is 2.69 bits per heavy atom. The number of nitrogens with zero attached hydrogens (tertiary/aromatic N) is 2. The summed E-state index contributed by atoms with van der Waals surface area (Å²) in [6.45, 7) is 1.59. The topological polar surface area (TPSA) is 23.6 Å². The predicted octanol–water partition coefficient (Wildman–Crippen LogP) is 1.51. The summed E-state index contributed by atoms with van der Waals surface area (Å²) in [6, 6.07) is 0. The molecule has 13 heavy (non-hydrogen) atoms. The number of rotatable bonds is 3. The second kappa shape index (κ2) is 4.24. The van der Waals surface area contributed by atoms with Crippen LogP contribution in [-0.4, -0.2) is 40.9 Å². The van der Waals surface area contributed by atoms with Crippen LogP contribution in [0.1, 0.15) is 6.92 Å². The van der Waals surface area contributed by atoms with Crippen LogP contribution in [-0.2, 0) is 4.79 Å². The van der Waals surface area contributed by atoms with Crippen molar-refractivity contribution in [1.82, 2.24) is 9.80 Å². The largest absolute Gasteiger partial charge is 0.349 e. The molecule has 0 saturated carbocycles. The van der Waals surface area contributed by atoms with Gasteiger partial charge in [-0.2, -0.15) is 0 Å². The number of carbonyl (C=O) groups excluding carboxylic acids is 1. The molecule has 0 saturated heterocycles. The van der Waals surface area contributed by atoms with Crippen molar-refractivity contribution in [3.63, 3.8) is 0 Å². The molecule has 1 aliphatic rings. The van der Waals surface area contributed by atoms with Crippen molar-refractivity contribution in [2.24, 2.45) is 0 Å². The lowest BCUT2D eigenvalue weighted by Gasteiger charge is -2.26. The molecule has 1 unspecified atom stereocenters. The highest BCUT2D eigenvalue weighted by Crippen LogP contribution is 2.29. The van der Waals surface area contributed by atoms with E-state index in [-0.39, 0.29) is 11.3 Å². The van der Waals surface area contributed by atoms with Crippen molar-refractivity contribution >= 4 is 29.1 Å². The van der Waals surface area contributed by atoms with Crippen molar-refractivity contribution in [2.75, 3.05) is 19.8 Å². The van der Waals surface area contributed by atoms with Crippen LogP contribution in [0.25, 0.3) is 0 Å². The first-order chi connectivity index (χ1) is 6.02. The molecule has 5 heteroatoms. The van der Waals surface area contributed by atoms with E-state index in [0.717, 1.165) is 0 Å². The third-order valence-electron chi connectivity index (χ3n) is 1.76. The van der Waals surface area contributed by atoms with Gasteiger partial charge < -0.3 is 9.80 Å². The number of halogens is 1. The molecular weight excluding hydrogens is 208 g/mol. The van der Waals surface area contributed by atoms with Crippen LogP contribution in [0.5, 0.6) is 0 Å². The number of Topliss-reactive ketones (excluding diaryl/α,β-unsaturated/α-hetero) is 1. The Morgan fingerprint density at radius 2 is 2.31 bits per heavy atom. The van der Waals surface area contributed by atoms with E-state index in [2.05, 4.69) is 0 Å². The first-order valence-corrected chi connectivity index (χ1v) is 5.38. The number of thioether (sulfide) groups is 1. The zero-order chi connectivity index (χ0) is 10.0. The van der Waals surface area contributed by atoms with Crippen molar-refractivity contribution in [1.29, 1.82) is 0 Å². The molecule has 74 valence electrons. The average molecular weight is 221 g/mol. The van der Waals surface area contributed by atoms with E-state index in [1.807, 2.05) is 30.1 Å². The van der Waals surface area contributed by atoms with Gasteiger partial charge in [-0.3, -0.25) is 4.79 Å². The molecule has 0 fully saturated rings. The number of ketones is 1. The average Bonchev–Trinajstić information content (AvgIpc) is 2.24. The Labute approximate surface area is 87.7 Å². The van der Waals surface area contributed by atoms with E-state index >= 15 is 0 Å². The molecule has 0 bridgehead atoms. The van der Waals surface area contributed by atoms with Gasteiger partial charge in [0.15, 0.2) is 5.50 Å². The molecule has 0 aromatic heterocycles. The summed E-state index contributed by atoms with van der Waals surface area (Å²) in [6.07, 6.45) is 1.86. The van der Waals surface area contributed by atoms with E-state index in [4.69, 9.17) is 11.6 Å². The minimum Gasteiger partial charge on any atom is -0.349 e. The summed E-state index contributed by atoms with van der Waals surface area (Å²) in [5.41, 5.74) is 0.149. The normalized spacial score (nSPS) is 22.2. The van der Waals surface area contributed by atoms with Crippen molar-refractivity contribution < 1.29 is 4.79 Å². The fraction of sp³-hybridized carbons (Fsp3) is 0.625. The lowest BCUT2D eigenvalue weighted by Crippen LogP contribution is -2.32. The highest BCUT2D eigenvalue weighted by Gasteiger charge is 2.26. The number of hydrogen-bond acceptors (Lipinski definition) is 4. The Bertz CT molecular complexity index is 244. The molecule has 0 amide bonds. The molecular formula is C8H13ClN2OS. The minimum absolute atomic E-state index is 0.149. The fourth-order valence-electron chi connectivity index (χ4n) is 1.12. The summed E-state index contributed by atoms with van der Waals surface area (Å²) in [4.78, 5) is 14.7. The zero-order valence-electron chi connectivity index (χ0n) is 7.95. The van der Waals surface area contributed by atoms with Gasteiger partial charge in [-0.25, -0.2) is 0 Å².